The number of furan rings is 1. The van der Waals surface area contributed by atoms with E-state index in [4.69, 9.17) is 4.42 Å². The third-order valence-electron chi connectivity index (χ3n) is 10.4. The molecule has 52 heavy (non-hydrogen) atoms. The summed E-state index contributed by atoms with van der Waals surface area (Å²) in [6.07, 6.45) is 0. The zero-order valence-corrected chi connectivity index (χ0v) is 28.8. The Morgan fingerprint density at radius 1 is 0.442 bits per heavy atom. The van der Waals surface area contributed by atoms with Crippen LogP contribution in [0.4, 0.5) is 17.1 Å². The fraction of sp³-hybridized carbons (Fsp3) is 0. The Bertz CT molecular complexity index is 3110. The molecular weight excluding hydrogens is 653 g/mol. The van der Waals surface area contributed by atoms with E-state index in [1.807, 2.05) is 17.4 Å². The van der Waals surface area contributed by atoms with Crippen LogP contribution in [-0.2, 0) is 0 Å². The Balaban J connectivity index is 1.09. The molecule has 0 aliphatic rings. The van der Waals surface area contributed by atoms with Crippen LogP contribution in [0.2, 0.25) is 0 Å². The molecule has 0 aliphatic heterocycles. The van der Waals surface area contributed by atoms with Crippen LogP contribution in [0.3, 0.4) is 0 Å². The Morgan fingerprint density at radius 2 is 1.10 bits per heavy atom. The van der Waals surface area contributed by atoms with E-state index in [-0.39, 0.29) is 0 Å². The number of hydrogen-bond donors (Lipinski definition) is 0. The molecule has 0 unspecified atom stereocenters. The van der Waals surface area contributed by atoms with Gasteiger partial charge in [-0.25, -0.2) is 0 Å². The first-order valence-corrected chi connectivity index (χ1v) is 18.4. The minimum absolute atomic E-state index is 0.914. The molecule has 4 heteroatoms. The Hall–Kier alpha value is -6.62. The number of rotatable bonds is 5. The summed E-state index contributed by atoms with van der Waals surface area (Å²) in [6.45, 7) is 0. The average Bonchev–Trinajstić information content (AvgIpc) is 3.89. The fourth-order valence-corrected chi connectivity index (χ4v) is 9.24. The highest BCUT2D eigenvalue weighted by atomic mass is 32.1. The molecule has 0 atom stereocenters. The first kappa shape index (κ1) is 29.1. The average molecular weight is 683 g/mol. The molecule has 0 N–H and O–H groups in total. The Kier molecular flexibility index (Phi) is 6.42. The van der Waals surface area contributed by atoms with Gasteiger partial charge in [0.25, 0.3) is 0 Å². The van der Waals surface area contributed by atoms with Crippen molar-refractivity contribution in [2.75, 3.05) is 4.90 Å². The van der Waals surface area contributed by atoms with Gasteiger partial charge in [-0.15, -0.1) is 11.3 Å². The van der Waals surface area contributed by atoms with Crippen molar-refractivity contribution in [1.29, 1.82) is 0 Å². The van der Waals surface area contributed by atoms with Crippen molar-refractivity contribution in [3.63, 3.8) is 0 Å². The molecule has 0 amide bonds. The lowest BCUT2D eigenvalue weighted by atomic mass is 10.0. The first-order valence-electron chi connectivity index (χ1n) is 17.6. The third-order valence-corrected chi connectivity index (χ3v) is 11.6. The summed E-state index contributed by atoms with van der Waals surface area (Å²) in [5.74, 6) is 0. The summed E-state index contributed by atoms with van der Waals surface area (Å²) in [7, 11) is 0. The van der Waals surface area contributed by atoms with E-state index >= 15 is 0 Å². The molecule has 0 spiro atoms. The lowest BCUT2D eigenvalue weighted by Gasteiger charge is -2.26. The minimum Gasteiger partial charge on any atom is -0.455 e. The van der Waals surface area contributed by atoms with Crippen molar-refractivity contribution in [2.24, 2.45) is 0 Å². The van der Waals surface area contributed by atoms with Crippen LogP contribution in [0.15, 0.2) is 186 Å². The van der Waals surface area contributed by atoms with Gasteiger partial charge in [0.05, 0.1) is 26.8 Å². The van der Waals surface area contributed by atoms with Gasteiger partial charge in [-0.05, 0) is 83.9 Å². The zero-order chi connectivity index (χ0) is 34.2. The van der Waals surface area contributed by atoms with Crippen molar-refractivity contribution in [2.45, 2.75) is 0 Å². The van der Waals surface area contributed by atoms with Crippen molar-refractivity contribution in [1.82, 2.24) is 4.57 Å². The summed E-state index contributed by atoms with van der Waals surface area (Å²) < 4.78 is 11.5. The van der Waals surface area contributed by atoms with Gasteiger partial charge in [0.2, 0.25) is 0 Å². The van der Waals surface area contributed by atoms with E-state index in [1.54, 1.807) is 0 Å². The van der Waals surface area contributed by atoms with E-state index in [0.29, 0.717) is 0 Å². The second-order valence-corrected chi connectivity index (χ2v) is 14.4. The highest BCUT2D eigenvalue weighted by Gasteiger charge is 2.21. The fourth-order valence-electron chi connectivity index (χ4n) is 8.03. The van der Waals surface area contributed by atoms with Gasteiger partial charge in [-0.1, -0.05) is 109 Å². The van der Waals surface area contributed by atoms with Gasteiger partial charge in [0.15, 0.2) is 0 Å². The third kappa shape index (κ3) is 4.38. The largest absolute Gasteiger partial charge is 0.455 e. The van der Waals surface area contributed by atoms with Crippen molar-refractivity contribution < 1.29 is 4.42 Å². The summed E-state index contributed by atoms with van der Waals surface area (Å²) >= 11 is 1.86. The molecule has 11 rings (SSSR count). The molecule has 3 aromatic heterocycles. The molecule has 0 radical (unpaired) electrons. The number of anilines is 3. The quantitative estimate of drug-likeness (QED) is 0.180. The number of fused-ring (bicyclic) bond motifs is 10. The number of thiophene rings is 1. The molecule has 3 nitrogen and oxygen atoms in total. The van der Waals surface area contributed by atoms with Gasteiger partial charge >= 0.3 is 0 Å². The molecular formula is C48H30N2OS. The molecule has 0 bridgehead atoms. The molecule has 244 valence electrons. The van der Waals surface area contributed by atoms with Gasteiger partial charge in [0.1, 0.15) is 11.2 Å². The zero-order valence-electron chi connectivity index (χ0n) is 28.0. The maximum absolute atomic E-state index is 6.55. The molecule has 8 aromatic carbocycles. The lowest BCUT2D eigenvalue weighted by Crippen LogP contribution is -2.10. The predicted molar refractivity (Wildman–Crippen MR) is 221 cm³/mol. The summed E-state index contributed by atoms with van der Waals surface area (Å²) in [5.41, 5.74) is 11.0. The molecule has 0 aliphatic carbocycles. The van der Waals surface area contributed by atoms with E-state index in [2.05, 4.69) is 185 Å². The summed E-state index contributed by atoms with van der Waals surface area (Å²) in [6, 6.07) is 65.4. The Labute approximate surface area is 303 Å². The number of benzene rings is 8. The highest BCUT2D eigenvalue weighted by Crippen LogP contribution is 2.46. The van der Waals surface area contributed by atoms with E-state index < -0.39 is 0 Å². The minimum atomic E-state index is 0.914. The van der Waals surface area contributed by atoms with Crippen LogP contribution in [0, 0.1) is 0 Å². The van der Waals surface area contributed by atoms with E-state index in [0.717, 1.165) is 55.4 Å². The van der Waals surface area contributed by atoms with E-state index in [1.165, 1.54) is 42.4 Å². The maximum atomic E-state index is 6.55. The highest BCUT2D eigenvalue weighted by molar-refractivity contribution is 7.26. The van der Waals surface area contributed by atoms with Crippen molar-refractivity contribution in [3.8, 4) is 16.8 Å². The predicted octanol–water partition coefficient (Wildman–Crippen LogP) is 14.2. The molecule has 0 fully saturated rings. The standard InChI is InChI=1S/C48H30N2OS/c1-2-11-31(12-3-1)32-21-23-33(24-22-32)49(43-18-10-16-39-37-14-6-9-20-45(37)52-48(39)43)34-25-27-35(28-26-34)50-41-17-7-4-15-40(41)46-42(50)30-29-38-36-13-5-8-19-44(36)51-47(38)46/h1-30H. The van der Waals surface area contributed by atoms with Crippen LogP contribution < -0.4 is 4.90 Å². The van der Waals surface area contributed by atoms with Crippen LogP contribution in [0.5, 0.6) is 0 Å². The van der Waals surface area contributed by atoms with E-state index in [9.17, 15) is 0 Å². The number of nitrogens with zero attached hydrogens (tertiary/aromatic N) is 2. The lowest BCUT2D eigenvalue weighted by molar-refractivity contribution is 0.673. The molecule has 0 saturated carbocycles. The van der Waals surface area contributed by atoms with Crippen molar-refractivity contribution >= 4 is 92.3 Å². The summed E-state index contributed by atoms with van der Waals surface area (Å²) in [5, 5.41) is 7.19. The number of aromatic nitrogens is 1. The van der Waals surface area contributed by atoms with Gasteiger partial charge < -0.3 is 13.9 Å². The molecule has 11 aromatic rings. The second-order valence-electron chi connectivity index (χ2n) is 13.3. The van der Waals surface area contributed by atoms with Gasteiger partial charge in [-0.3, -0.25) is 0 Å². The first-order chi connectivity index (χ1) is 25.8. The van der Waals surface area contributed by atoms with Crippen LogP contribution in [0.1, 0.15) is 0 Å². The van der Waals surface area contributed by atoms with Crippen LogP contribution >= 0.6 is 11.3 Å². The maximum Gasteiger partial charge on any atom is 0.145 e. The Morgan fingerprint density at radius 3 is 1.92 bits per heavy atom. The van der Waals surface area contributed by atoms with Gasteiger partial charge in [-0.2, -0.15) is 0 Å². The smallest absolute Gasteiger partial charge is 0.145 e. The number of hydrogen-bond acceptors (Lipinski definition) is 3. The van der Waals surface area contributed by atoms with Crippen LogP contribution in [-0.4, -0.2) is 4.57 Å². The normalized spacial score (nSPS) is 11.8. The van der Waals surface area contributed by atoms with Crippen molar-refractivity contribution in [3.05, 3.63) is 182 Å². The number of para-hydroxylation sites is 2. The monoisotopic (exact) mass is 682 g/mol. The van der Waals surface area contributed by atoms with Gasteiger partial charge in [0, 0.05) is 48.7 Å². The SMILES string of the molecule is c1ccc(-c2ccc(N(c3ccc(-n4c5ccccc5c5c6oc7ccccc7c6ccc54)cc3)c3cccc4c3sc3ccccc34)cc2)cc1. The summed E-state index contributed by atoms with van der Waals surface area (Å²) in [4.78, 5) is 2.40. The van der Waals surface area contributed by atoms with Crippen LogP contribution in [0.25, 0.3) is 80.7 Å². The molecule has 3 heterocycles. The molecule has 0 saturated heterocycles. The second kappa shape index (κ2) is 11.5. The topological polar surface area (TPSA) is 21.3 Å².